The fraction of sp³-hybridized carbons (Fsp3) is 0.600. The van der Waals surface area contributed by atoms with Gasteiger partial charge in [0.2, 0.25) is 0 Å². The molecule has 22 heavy (non-hydrogen) atoms. The van der Waals surface area contributed by atoms with Crippen LogP contribution in [-0.4, -0.2) is 44.0 Å². The molecule has 0 bridgehead atoms. The lowest BCUT2D eigenvalue weighted by Gasteiger charge is -2.31. The third-order valence-electron chi connectivity index (χ3n) is 4.01. The SMILES string of the molecule is CC(C)(C)c1nnc2ccc(N3CCCC(C(=O)O)C3)nn12. The van der Waals surface area contributed by atoms with E-state index in [4.69, 9.17) is 0 Å². The average Bonchev–Trinajstić information content (AvgIpc) is 2.90. The van der Waals surface area contributed by atoms with Crippen molar-refractivity contribution in [3.05, 3.63) is 18.0 Å². The number of carbonyl (C=O) groups is 1. The van der Waals surface area contributed by atoms with Gasteiger partial charge in [-0.15, -0.1) is 15.3 Å². The molecule has 0 radical (unpaired) electrons. The lowest BCUT2D eigenvalue weighted by Crippen LogP contribution is -2.39. The summed E-state index contributed by atoms with van der Waals surface area (Å²) < 4.78 is 1.76. The average molecular weight is 303 g/mol. The van der Waals surface area contributed by atoms with Gasteiger partial charge in [-0.3, -0.25) is 4.79 Å². The molecule has 7 heteroatoms. The van der Waals surface area contributed by atoms with E-state index in [0.29, 0.717) is 12.2 Å². The molecule has 0 spiro atoms. The van der Waals surface area contributed by atoms with Crippen LogP contribution in [0.3, 0.4) is 0 Å². The van der Waals surface area contributed by atoms with Crippen LogP contribution in [0.1, 0.15) is 39.4 Å². The summed E-state index contributed by atoms with van der Waals surface area (Å²) in [6.07, 6.45) is 1.60. The molecule has 0 aliphatic carbocycles. The van der Waals surface area contributed by atoms with E-state index in [-0.39, 0.29) is 11.3 Å². The molecule has 1 aliphatic heterocycles. The number of nitrogens with zero attached hydrogens (tertiary/aromatic N) is 5. The minimum absolute atomic E-state index is 0.156. The first-order valence-electron chi connectivity index (χ1n) is 7.57. The van der Waals surface area contributed by atoms with Crippen LogP contribution in [0.25, 0.3) is 5.65 Å². The molecule has 1 unspecified atom stereocenters. The highest BCUT2D eigenvalue weighted by Crippen LogP contribution is 2.24. The van der Waals surface area contributed by atoms with Gasteiger partial charge in [-0.25, -0.2) is 0 Å². The Morgan fingerprint density at radius 1 is 1.32 bits per heavy atom. The summed E-state index contributed by atoms with van der Waals surface area (Å²) in [6, 6.07) is 3.77. The quantitative estimate of drug-likeness (QED) is 0.909. The van der Waals surface area contributed by atoms with Gasteiger partial charge in [0.1, 0.15) is 5.82 Å². The van der Waals surface area contributed by atoms with Crippen molar-refractivity contribution >= 4 is 17.4 Å². The molecule has 118 valence electrons. The maximum atomic E-state index is 11.2. The number of anilines is 1. The number of hydrogen-bond donors (Lipinski definition) is 1. The van der Waals surface area contributed by atoms with E-state index >= 15 is 0 Å². The molecule has 2 aromatic heterocycles. The Bertz CT molecular complexity index is 704. The van der Waals surface area contributed by atoms with Crippen molar-refractivity contribution in [3.8, 4) is 0 Å². The number of hydrogen-bond acceptors (Lipinski definition) is 5. The first kappa shape index (κ1) is 14.7. The lowest BCUT2D eigenvalue weighted by atomic mass is 9.96. The Hall–Kier alpha value is -2.18. The zero-order chi connectivity index (χ0) is 15.9. The smallest absolute Gasteiger partial charge is 0.308 e. The molecule has 3 heterocycles. The van der Waals surface area contributed by atoms with Crippen molar-refractivity contribution in [2.45, 2.75) is 39.0 Å². The molecule has 3 rings (SSSR count). The summed E-state index contributed by atoms with van der Waals surface area (Å²) in [4.78, 5) is 13.3. The normalized spacial score (nSPS) is 19.6. The third kappa shape index (κ3) is 2.63. The first-order chi connectivity index (χ1) is 10.4. The fourth-order valence-electron chi connectivity index (χ4n) is 2.80. The molecular weight excluding hydrogens is 282 g/mol. The van der Waals surface area contributed by atoms with Crippen molar-refractivity contribution in [3.63, 3.8) is 0 Å². The van der Waals surface area contributed by atoms with Gasteiger partial charge in [-0.1, -0.05) is 20.8 Å². The highest BCUT2D eigenvalue weighted by molar-refractivity contribution is 5.71. The summed E-state index contributed by atoms with van der Waals surface area (Å²) in [7, 11) is 0. The number of carboxylic acid groups (broad SMARTS) is 1. The van der Waals surface area contributed by atoms with Gasteiger partial charge in [0.25, 0.3) is 0 Å². The maximum absolute atomic E-state index is 11.2. The second-order valence-electron chi connectivity index (χ2n) is 6.86. The maximum Gasteiger partial charge on any atom is 0.308 e. The largest absolute Gasteiger partial charge is 0.481 e. The van der Waals surface area contributed by atoms with Crippen LogP contribution in [0.2, 0.25) is 0 Å². The molecule has 0 amide bonds. The zero-order valence-electron chi connectivity index (χ0n) is 13.2. The number of aromatic nitrogens is 4. The van der Waals surface area contributed by atoms with Crippen molar-refractivity contribution in [1.82, 2.24) is 19.8 Å². The lowest BCUT2D eigenvalue weighted by molar-refractivity contribution is -0.141. The van der Waals surface area contributed by atoms with Crippen LogP contribution >= 0.6 is 0 Å². The second kappa shape index (κ2) is 5.23. The predicted molar refractivity (Wildman–Crippen MR) is 82.1 cm³/mol. The van der Waals surface area contributed by atoms with E-state index in [1.54, 1.807) is 4.52 Å². The van der Waals surface area contributed by atoms with Gasteiger partial charge in [-0.2, -0.15) is 4.52 Å². The van der Waals surface area contributed by atoms with Crippen LogP contribution < -0.4 is 4.90 Å². The highest BCUT2D eigenvalue weighted by atomic mass is 16.4. The van der Waals surface area contributed by atoms with E-state index in [1.165, 1.54) is 0 Å². The van der Waals surface area contributed by atoms with Crippen LogP contribution in [-0.2, 0) is 10.2 Å². The van der Waals surface area contributed by atoms with Crippen molar-refractivity contribution in [1.29, 1.82) is 0 Å². The zero-order valence-corrected chi connectivity index (χ0v) is 13.2. The molecule has 1 saturated heterocycles. The summed E-state index contributed by atoms with van der Waals surface area (Å²) in [5.41, 5.74) is 0.553. The Morgan fingerprint density at radius 3 is 2.77 bits per heavy atom. The van der Waals surface area contributed by atoms with E-state index < -0.39 is 5.97 Å². The molecule has 7 nitrogen and oxygen atoms in total. The standard InChI is InChI=1S/C15H21N5O2/c1-15(2,3)14-17-16-11-6-7-12(18-20(11)14)19-8-4-5-10(9-19)13(21)22/h6-7,10H,4-5,8-9H2,1-3H3,(H,21,22). The van der Waals surface area contributed by atoms with Crippen LogP contribution in [0.4, 0.5) is 5.82 Å². The molecule has 1 aliphatic rings. The van der Waals surface area contributed by atoms with E-state index in [2.05, 4.69) is 36.1 Å². The molecular formula is C15H21N5O2. The van der Waals surface area contributed by atoms with Gasteiger partial charge < -0.3 is 10.0 Å². The van der Waals surface area contributed by atoms with Gasteiger partial charge in [0.15, 0.2) is 11.5 Å². The van der Waals surface area contributed by atoms with Crippen LogP contribution in [0, 0.1) is 5.92 Å². The Kier molecular flexibility index (Phi) is 3.50. The van der Waals surface area contributed by atoms with Crippen LogP contribution in [0.5, 0.6) is 0 Å². The van der Waals surface area contributed by atoms with E-state index in [0.717, 1.165) is 31.0 Å². The van der Waals surface area contributed by atoms with E-state index in [1.807, 2.05) is 17.0 Å². The summed E-state index contributed by atoms with van der Waals surface area (Å²) >= 11 is 0. The molecule has 0 saturated carbocycles. The number of fused-ring (bicyclic) bond motifs is 1. The summed E-state index contributed by atoms with van der Waals surface area (Å²) in [5.74, 6) is 0.527. The van der Waals surface area contributed by atoms with Crippen molar-refractivity contribution in [2.75, 3.05) is 18.0 Å². The highest BCUT2D eigenvalue weighted by Gasteiger charge is 2.27. The topological polar surface area (TPSA) is 83.6 Å². The number of aliphatic carboxylic acids is 1. The molecule has 2 aromatic rings. The summed E-state index contributed by atoms with van der Waals surface area (Å²) in [6.45, 7) is 7.54. The Labute approximate surface area is 129 Å². The first-order valence-corrected chi connectivity index (χ1v) is 7.57. The van der Waals surface area contributed by atoms with Gasteiger partial charge >= 0.3 is 5.97 Å². The number of piperidine rings is 1. The molecule has 0 aromatic carbocycles. The monoisotopic (exact) mass is 303 g/mol. The molecule has 1 N–H and O–H groups in total. The Morgan fingerprint density at radius 2 is 2.09 bits per heavy atom. The van der Waals surface area contributed by atoms with Crippen LogP contribution in [0.15, 0.2) is 12.1 Å². The Balaban J connectivity index is 1.96. The minimum Gasteiger partial charge on any atom is -0.481 e. The number of rotatable bonds is 2. The third-order valence-corrected chi connectivity index (χ3v) is 4.01. The fourth-order valence-corrected chi connectivity index (χ4v) is 2.80. The molecule has 1 atom stereocenters. The van der Waals surface area contributed by atoms with Gasteiger partial charge in [0, 0.05) is 18.5 Å². The van der Waals surface area contributed by atoms with E-state index in [9.17, 15) is 9.90 Å². The summed E-state index contributed by atoms with van der Waals surface area (Å²) in [5, 5.41) is 22.3. The van der Waals surface area contributed by atoms with Crippen molar-refractivity contribution < 1.29 is 9.90 Å². The second-order valence-corrected chi connectivity index (χ2v) is 6.86. The minimum atomic E-state index is -0.731. The predicted octanol–water partition coefficient (Wildman–Crippen LogP) is 1.72. The molecule has 1 fully saturated rings. The van der Waals surface area contributed by atoms with Gasteiger partial charge in [-0.05, 0) is 25.0 Å². The van der Waals surface area contributed by atoms with Crippen molar-refractivity contribution in [2.24, 2.45) is 5.92 Å². The number of carboxylic acids is 1. The van der Waals surface area contributed by atoms with Gasteiger partial charge in [0.05, 0.1) is 5.92 Å².